The first-order valence-corrected chi connectivity index (χ1v) is 6.62. The van der Waals surface area contributed by atoms with E-state index in [0.717, 1.165) is 48.4 Å². The molecule has 1 unspecified atom stereocenters. The highest BCUT2D eigenvalue weighted by molar-refractivity contribution is 5.92. The Balaban J connectivity index is 1.72. The predicted molar refractivity (Wildman–Crippen MR) is 74.7 cm³/mol. The number of fused-ring (bicyclic) bond motifs is 1. The predicted octanol–water partition coefficient (Wildman–Crippen LogP) is 2.37. The second kappa shape index (κ2) is 5.55. The lowest BCUT2D eigenvalue weighted by Crippen LogP contribution is -2.09. The molecule has 0 saturated carbocycles. The summed E-state index contributed by atoms with van der Waals surface area (Å²) < 4.78 is 11.1. The summed E-state index contributed by atoms with van der Waals surface area (Å²) >= 11 is 0. The molecule has 2 heterocycles. The third-order valence-corrected chi connectivity index (χ3v) is 3.52. The lowest BCUT2D eigenvalue weighted by molar-refractivity contribution is 0.0797. The van der Waals surface area contributed by atoms with Gasteiger partial charge in [0.1, 0.15) is 0 Å². The molecule has 0 bridgehead atoms. The van der Waals surface area contributed by atoms with Gasteiger partial charge in [-0.15, -0.1) is 0 Å². The van der Waals surface area contributed by atoms with E-state index in [1.54, 1.807) is 6.20 Å². The first kappa shape index (κ1) is 12.4. The van der Waals surface area contributed by atoms with Crippen molar-refractivity contribution in [1.29, 1.82) is 0 Å². The summed E-state index contributed by atoms with van der Waals surface area (Å²) in [6.07, 6.45) is 2.89. The van der Waals surface area contributed by atoms with Crippen LogP contribution in [-0.4, -0.2) is 24.8 Å². The van der Waals surface area contributed by atoms with Crippen LogP contribution in [0.3, 0.4) is 0 Å². The second-order valence-electron chi connectivity index (χ2n) is 4.96. The number of nitrogens with two attached hydrogens (primary N) is 1. The van der Waals surface area contributed by atoms with Crippen molar-refractivity contribution >= 4 is 16.6 Å². The van der Waals surface area contributed by atoms with Crippen molar-refractivity contribution in [2.45, 2.75) is 13.0 Å². The molecule has 3 rings (SSSR count). The third kappa shape index (κ3) is 2.69. The summed E-state index contributed by atoms with van der Waals surface area (Å²) in [5.74, 6) is 0.535. The van der Waals surface area contributed by atoms with Crippen LogP contribution >= 0.6 is 0 Å². The van der Waals surface area contributed by atoms with Crippen molar-refractivity contribution in [2.24, 2.45) is 5.92 Å². The van der Waals surface area contributed by atoms with E-state index in [1.165, 1.54) is 0 Å². The first-order valence-electron chi connectivity index (χ1n) is 6.62. The highest BCUT2D eigenvalue weighted by atomic mass is 16.5. The van der Waals surface area contributed by atoms with Crippen LogP contribution in [0.25, 0.3) is 10.9 Å². The summed E-state index contributed by atoms with van der Waals surface area (Å²) in [6, 6.07) is 7.81. The van der Waals surface area contributed by atoms with E-state index in [2.05, 4.69) is 4.98 Å². The van der Waals surface area contributed by atoms with Crippen LogP contribution in [0.4, 0.5) is 5.69 Å². The van der Waals surface area contributed by atoms with Gasteiger partial charge in [0.15, 0.2) is 0 Å². The minimum absolute atomic E-state index is 0.535. The molecule has 4 heteroatoms. The van der Waals surface area contributed by atoms with Gasteiger partial charge < -0.3 is 15.2 Å². The third-order valence-electron chi connectivity index (χ3n) is 3.52. The van der Waals surface area contributed by atoms with Crippen LogP contribution < -0.4 is 5.73 Å². The largest absolute Gasteiger partial charge is 0.398 e. The Labute approximate surface area is 112 Å². The van der Waals surface area contributed by atoms with Gasteiger partial charge in [-0.1, -0.05) is 6.07 Å². The van der Waals surface area contributed by atoms with E-state index in [0.29, 0.717) is 12.5 Å². The number of nitrogens with zero attached hydrogens (tertiary/aromatic N) is 1. The van der Waals surface area contributed by atoms with Crippen LogP contribution in [0.15, 0.2) is 30.5 Å². The van der Waals surface area contributed by atoms with Gasteiger partial charge in [0.25, 0.3) is 0 Å². The van der Waals surface area contributed by atoms with Crippen LogP contribution in [0, 0.1) is 5.92 Å². The minimum atomic E-state index is 0.535. The minimum Gasteiger partial charge on any atom is -0.398 e. The molecule has 100 valence electrons. The van der Waals surface area contributed by atoms with Crippen LogP contribution in [0.5, 0.6) is 0 Å². The SMILES string of the molecule is Nc1ccc(COCC2CCOC2)c2ncccc12. The standard InChI is InChI=1S/C15H18N2O2/c16-14-4-3-12(15-13(14)2-1-6-17-15)10-19-9-11-5-7-18-8-11/h1-4,6,11H,5,7-10,16H2. The zero-order valence-corrected chi connectivity index (χ0v) is 10.8. The molecule has 0 spiro atoms. The van der Waals surface area contributed by atoms with Crippen molar-refractivity contribution in [3.8, 4) is 0 Å². The molecule has 1 saturated heterocycles. The molecular formula is C15H18N2O2. The molecule has 1 aromatic carbocycles. The number of hydrogen-bond donors (Lipinski definition) is 1. The molecule has 1 fully saturated rings. The van der Waals surface area contributed by atoms with Gasteiger partial charge in [-0.05, 0) is 24.6 Å². The Morgan fingerprint density at radius 2 is 2.32 bits per heavy atom. The molecule has 2 N–H and O–H groups in total. The lowest BCUT2D eigenvalue weighted by atomic mass is 10.1. The average molecular weight is 258 g/mol. The fourth-order valence-electron chi connectivity index (χ4n) is 2.42. The van der Waals surface area contributed by atoms with Crippen molar-refractivity contribution in [3.63, 3.8) is 0 Å². The fraction of sp³-hybridized carbons (Fsp3) is 0.400. The zero-order chi connectivity index (χ0) is 13.1. The molecule has 19 heavy (non-hydrogen) atoms. The van der Waals surface area contributed by atoms with Gasteiger partial charge in [-0.25, -0.2) is 0 Å². The van der Waals surface area contributed by atoms with E-state index in [1.807, 2.05) is 24.3 Å². The molecule has 1 atom stereocenters. The Hall–Kier alpha value is -1.65. The van der Waals surface area contributed by atoms with Gasteiger partial charge in [-0.2, -0.15) is 0 Å². The molecule has 1 aliphatic rings. The summed E-state index contributed by atoms with van der Waals surface area (Å²) in [5, 5.41) is 0.993. The number of hydrogen-bond acceptors (Lipinski definition) is 4. The Kier molecular flexibility index (Phi) is 3.62. The number of ether oxygens (including phenoxy) is 2. The summed E-state index contributed by atoms with van der Waals surface area (Å²) in [7, 11) is 0. The molecule has 0 radical (unpaired) electrons. The van der Waals surface area contributed by atoms with Gasteiger partial charge >= 0.3 is 0 Å². The number of nitrogen functional groups attached to an aromatic ring is 1. The van der Waals surface area contributed by atoms with E-state index in [-0.39, 0.29) is 0 Å². The summed E-state index contributed by atoms with van der Waals surface area (Å²) in [5.41, 5.74) is 8.74. The molecule has 1 aliphatic heterocycles. The Bertz CT molecular complexity index is 565. The number of aromatic nitrogens is 1. The van der Waals surface area contributed by atoms with Gasteiger partial charge in [-0.3, -0.25) is 4.98 Å². The Morgan fingerprint density at radius 3 is 3.16 bits per heavy atom. The number of benzene rings is 1. The molecule has 1 aromatic heterocycles. The Morgan fingerprint density at radius 1 is 1.37 bits per heavy atom. The van der Waals surface area contributed by atoms with Crippen LogP contribution in [-0.2, 0) is 16.1 Å². The molecule has 4 nitrogen and oxygen atoms in total. The van der Waals surface area contributed by atoms with Crippen molar-refractivity contribution in [2.75, 3.05) is 25.6 Å². The van der Waals surface area contributed by atoms with Crippen LogP contribution in [0.2, 0.25) is 0 Å². The van der Waals surface area contributed by atoms with E-state index >= 15 is 0 Å². The smallest absolute Gasteiger partial charge is 0.0777 e. The average Bonchev–Trinajstić information content (AvgIpc) is 2.95. The molecule has 2 aromatic rings. The number of pyridine rings is 1. The second-order valence-corrected chi connectivity index (χ2v) is 4.96. The van der Waals surface area contributed by atoms with Crippen molar-refractivity contribution < 1.29 is 9.47 Å². The quantitative estimate of drug-likeness (QED) is 0.855. The van der Waals surface area contributed by atoms with Gasteiger partial charge in [0, 0.05) is 35.4 Å². The molecule has 0 aliphatic carbocycles. The van der Waals surface area contributed by atoms with Crippen molar-refractivity contribution in [3.05, 3.63) is 36.0 Å². The molecular weight excluding hydrogens is 240 g/mol. The zero-order valence-electron chi connectivity index (χ0n) is 10.8. The highest BCUT2D eigenvalue weighted by Crippen LogP contribution is 2.23. The van der Waals surface area contributed by atoms with E-state index in [4.69, 9.17) is 15.2 Å². The van der Waals surface area contributed by atoms with Crippen LogP contribution in [0.1, 0.15) is 12.0 Å². The maximum absolute atomic E-state index is 5.96. The monoisotopic (exact) mass is 258 g/mol. The normalized spacial score (nSPS) is 19.1. The summed E-state index contributed by atoms with van der Waals surface area (Å²) in [6.45, 7) is 3.00. The molecule has 0 amide bonds. The van der Waals surface area contributed by atoms with Crippen molar-refractivity contribution in [1.82, 2.24) is 4.98 Å². The topological polar surface area (TPSA) is 57.4 Å². The first-order chi connectivity index (χ1) is 9.34. The maximum atomic E-state index is 5.96. The number of rotatable bonds is 4. The maximum Gasteiger partial charge on any atom is 0.0777 e. The van der Waals surface area contributed by atoms with Gasteiger partial charge in [0.2, 0.25) is 0 Å². The highest BCUT2D eigenvalue weighted by Gasteiger charge is 2.15. The van der Waals surface area contributed by atoms with E-state index < -0.39 is 0 Å². The lowest BCUT2D eigenvalue weighted by Gasteiger charge is -2.11. The summed E-state index contributed by atoms with van der Waals surface area (Å²) in [4.78, 5) is 4.41. The van der Waals surface area contributed by atoms with Gasteiger partial charge in [0.05, 0.1) is 25.3 Å². The number of anilines is 1. The fourth-order valence-corrected chi connectivity index (χ4v) is 2.42. The van der Waals surface area contributed by atoms with E-state index in [9.17, 15) is 0 Å².